The molecule has 2 aromatic rings. The van der Waals surface area contributed by atoms with Crippen molar-refractivity contribution in [2.45, 2.75) is 26.3 Å². The number of fused-ring (bicyclic) bond motifs is 1. The molecule has 6 nitrogen and oxygen atoms in total. The molecule has 0 fully saturated rings. The maximum absolute atomic E-state index is 13.2. The summed E-state index contributed by atoms with van der Waals surface area (Å²) in [5.74, 6) is -0.225. The monoisotopic (exact) mass is 342 g/mol. The first-order valence-corrected chi connectivity index (χ1v) is 8.16. The molecule has 0 saturated carbocycles. The van der Waals surface area contributed by atoms with Gasteiger partial charge in [-0.25, -0.2) is 14.4 Å². The molecule has 1 aromatic heterocycles. The maximum atomic E-state index is 13.2. The number of aromatic nitrogens is 2. The Bertz CT molecular complexity index is 809. The van der Waals surface area contributed by atoms with Gasteiger partial charge in [0.2, 0.25) is 5.91 Å². The van der Waals surface area contributed by atoms with Crippen LogP contribution in [0.2, 0.25) is 0 Å². The summed E-state index contributed by atoms with van der Waals surface area (Å²) >= 11 is 0. The summed E-state index contributed by atoms with van der Waals surface area (Å²) in [6.45, 7) is 2.45. The van der Waals surface area contributed by atoms with Gasteiger partial charge in [-0.3, -0.25) is 9.59 Å². The lowest BCUT2D eigenvalue weighted by atomic mass is 10.1. The molecule has 25 heavy (non-hydrogen) atoms. The minimum atomic E-state index is -0.346. The number of hydrogen-bond donors (Lipinski definition) is 1. The predicted octanol–water partition coefficient (Wildman–Crippen LogP) is 1.63. The van der Waals surface area contributed by atoms with Crippen LogP contribution < -0.4 is 5.32 Å². The first-order chi connectivity index (χ1) is 12.0. The van der Waals surface area contributed by atoms with Crippen LogP contribution in [0.25, 0.3) is 0 Å². The number of aryl methyl sites for hydroxylation is 2. The number of hydrogen-bond acceptors (Lipinski definition) is 4. The summed E-state index contributed by atoms with van der Waals surface area (Å²) in [4.78, 5) is 34.7. The van der Waals surface area contributed by atoms with Crippen LogP contribution in [0.3, 0.4) is 0 Å². The van der Waals surface area contributed by atoms with E-state index >= 15 is 0 Å². The topological polar surface area (TPSA) is 75.2 Å². The molecule has 2 amide bonds. The molecule has 1 N–H and O–H groups in total. The number of rotatable bonds is 4. The zero-order valence-corrected chi connectivity index (χ0v) is 14.0. The third-order valence-electron chi connectivity index (χ3n) is 4.06. The van der Waals surface area contributed by atoms with Crippen molar-refractivity contribution >= 4 is 11.8 Å². The highest BCUT2D eigenvalue weighted by Gasteiger charge is 2.25. The van der Waals surface area contributed by atoms with Gasteiger partial charge in [0.15, 0.2) is 0 Å². The molecule has 1 aliphatic rings. The molecular formula is C18H19FN4O2. The second kappa shape index (κ2) is 7.38. The lowest BCUT2D eigenvalue weighted by Crippen LogP contribution is -2.40. The summed E-state index contributed by atoms with van der Waals surface area (Å²) in [6, 6.07) is 6.04. The van der Waals surface area contributed by atoms with Crippen LogP contribution in [-0.2, 0) is 17.8 Å². The Morgan fingerprint density at radius 3 is 3.04 bits per heavy atom. The van der Waals surface area contributed by atoms with Crippen molar-refractivity contribution in [2.24, 2.45) is 0 Å². The van der Waals surface area contributed by atoms with E-state index in [-0.39, 0.29) is 30.7 Å². The fourth-order valence-electron chi connectivity index (χ4n) is 2.82. The van der Waals surface area contributed by atoms with Crippen LogP contribution in [-0.4, -0.2) is 39.8 Å². The summed E-state index contributed by atoms with van der Waals surface area (Å²) in [6.07, 6.45) is 2.96. The minimum absolute atomic E-state index is 0.0402. The van der Waals surface area contributed by atoms with Crippen molar-refractivity contribution in [1.29, 1.82) is 0 Å². The molecule has 3 rings (SSSR count). The highest BCUT2D eigenvalue weighted by Crippen LogP contribution is 2.16. The van der Waals surface area contributed by atoms with E-state index < -0.39 is 0 Å². The zero-order valence-electron chi connectivity index (χ0n) is 14.0. The lowest BCUT2D eigenvalue weighted by molar-refractivity contribution is -0.122. The highest BCUT2D eigenvalue weighted by molar-refractivity contribution is 5.97. The van der Waals surface area contributed by atoms with E-state index in [2.05, 4.69) is 15.3 Å². The second-order valence-electron chi connectivity index (χ2n) is 6.01. The summed E-state index contributed by atoms with van der Waals surface area (Å²) < 4.78 is 13.2. The quantitative estimate of drug-likeness (QED) is 0.916. The average molecular weight is 342 g/mol. The van der Waals surface area contributed by atoms with Crippen LogP contribution in [0.5, 0.6) is 0 Å². The van der Waals surface area contributed by atoms with E-state index in [9.17, 15) is 14.0 Å². The van der Waals surface area contributed by atoms with E-state index in [0.717, 1.165) is 12.1 Å². The standard InChI is InChI=1S/C18H19FN4O2/c1-12-20-10-15-16(22-12)6-3-7-23(18(15)25)11-17(24)21-9-13-4-2-5-14(19)8-13/h2,4-5,8,10H,3,6-7,9,11H2,1H3,(H,21,24). The van der Waals surface area contributed by atoms with E-state index in [4.69, 9.17) is 0 Å². The summed E-state index contributed by atoms with van der Waals surface area (Å²) in [5, 5.41) is 2.72. The Labute approximate surface area is 145 Å². The van der Waals surface area contributed by atoms with Crippen LogP contribution in [0.4, 0.5) is 4.39 Å². The molecule has 0 saturated heterocycles. The van der Waals surface area contributed by atoms with Gasteiger partial charge >= 0.3 is 0 Å². The number of carbonyl (C=O) groups excluding carboxylic acids is 2. The smallest absolute Gasteiger partial charge is 0.257 e. The average Bonchev–Trinajstić information content (AvgIpc) is 2.72. The Kier molecular flexibility index (Phi) is 5.02. The largest absolute Gasteiger partial charge is 0.350 e. The Morgan fingerprint density at radius 2 is 2.24 bits per heavy atom. The first kappa shape index (κ1) is 17.0. The molecule has 7 heteroatoms. The zero-order chi connectivity index (χ0) is 17.8. The molecule has 0 radical (unpaired) electrons. The molecule has 0 atom stereocenters. The van der Waals surface area contributed by atoms with E-state index in [1.165, 1.54) is 23.2 Å². The van der Waals surface area contributed by atoms with Gasteiger partial charge in [0.1, 0.15) is 11.6 Å². The van der Waals surface area contributed by atoms with Gasteiger partial charge < -0.3 is 10.2 Å². The Morgan fingerprint density at radius 1 is 1.40 bits per heavy atom. The van der Waals surface area contributed by atoms with Crippen molar-refractivity contribution in [2.75, 3.05) is 13.1 Å². The first-order valence-electron chi connectivity index (χ1n) is 8.16. The van der Waals surface area contributed by atoms with Crippen molar-refractivity contribution < 1.29 is 14.0 Å². The molecule has 0 aliphatic carbocycles. The molecule has 130 valence electrons. The SMILES string of the molecule is Cc1ncc2c(n1)CCCN(CC(=O)NCc1cccc(F)c1)C2=O. The fraction of sp³-hybridized carbons (Fsp3) is 0.333. The van der Waals surface area contributed by atoms with Gasteiger partial charge in [0, 0.05) is 19.3 Å². The molecule has 0 unspecified atom stereocenters. The second-order valence-corrected chi connectivity index (χ2v) is 6.01. The molecule has 2 heterocycles. The third-order valence-corrected chi connectivity index (χ3v) is 4.06. The number of amides is 2. The van der Waals surface area contributed by atoms with Gasteiger partial charge in [-0.1, -0.05) is 12.1 Å². The van der Waals surface area contributed by atoms with Gasteiger partial charge in [-0.05, 0) is 37.5 Å². The molecule has 1 aromatic carbocycles. The van der Waals surface area contributed by atoms with Crippen molar-refractivity contribution in [3.05, 3.63) is 58.9 Å². The number of benzene rings is 1. The Hall–Kier alpha value is -2.83. The van der Waals surface area contributed by atoms with Crippen LogP contribution in [0, 0.1) is 12.7 Å². The fourth-order valence-corrected chi connectivity index (χ4v) is 2.82. The molecule has 1 aliphatic heterocycles. The van der Waals surface area contributed by atoms with Gasteiger partial charge in [0.05, 0.1) is 17.8 Å². The third kappa shape index (κ3) is 4.17. The van der Waals surface area contributed by atoms with Gasteiger partial charge in [-0.15, -0.1) is 0 Å². The van der Waals surface area contributed by atoms with Crippen molar-refractivity contribution in [3.8, 4) is 0 Å². The Balaban J connectivity index is 1.63. The highest BCUT2D eigenvalue weighted by atomic mass is 19.1. The molecule has 0 bridgehead atoms. The lowest BCUT2D eigenvalue weighted by Gasteiger charge is -2.20. The minimum Gasteiger partial charge on any atom is -0.350 e. The summed E-state index contributed by atoms with van der Waals surface area (Å²) in [5.41, 5.74) is 1.87. The molecular weight excluding hydrogens is 323 g/mol. The van der Waals surface area contributed by atoms with Gasteiger partial charge in [0.25, 0.3) is 5.91 Å². The predicted molar refractivity (Wildman–Crippen MR) is 89.2 cm³/mol. The van der Waals surface area contributed by atoms with Gasteiger partial charge in [-0.2, -0.15) is 0 Å². The number of halogens is 1. The number of nitrogens with zero attached hydrogens (tertiary/aromatic N) is 3. The van der Waals surface area contributed by atoms with Crippen LogP contribution in [0.1, 0.15) is 33.9 Å². The molecule has 0 spiro atoms. The number of carbonyl (C=O) groups is 2. The van der Waals surface area contributed by atoms with E-state index in [1.54, 1.807) is 19.1 Å². The van der Waals surface area contributed by atoms with Crippen molar-refractivity contribution in [1.82, 2.24) is 20.2 Å². The number of nitrogens with one attached hydrogen (secondary N) is 1. The summed E-state index contributed by atoms with van der Waals surface area (Å²) in [7, 11) is 0. The van der Waals surface area contributed by atoms with Crippen molar-refractivity contribution in [3.63, 3.8) is 0 Å². The van der Waals surface area contributed by atoms with E-state index in [0.29, 0.717) is 29.9 Å². The normalized spacial score (nSPS) is 14.0. The maximum Gasteiger partial charge on any atom is 0.257 e. The van der Waals surface area contributed by atoms with E-state index in [1.807, 2.05) is 0 Å². The van der Waals surface area contributed by atoms with Crippen LogP contribution in [0.15, 0.2) is 30.5 Å². The van der Waals surface area contributed by atoms with Crippen LogP contribution >= 0.6 is 0 Å².